The van der Waals surface area contributed by atoms with Gasteiger partial charge in [0.15, 0.2) is 5.76 Å². The Hall–Kier alpha value is -3.58. The van der Waals surface area contributed by atoms with Crippen LogP contribution in [0.4, 0.5) is 11.4 Å². The van der Waals surface area contributed by atoms with Gasteiger partial charge in [-0.3, -0.25) is 9.10 Å². The molecule has 0 aliphatic carbocycles. The molecule has 4 aromatic rings. The molecule has 4 rings (SSSR count). The third kappa shape index (κ3) is 3.80. The molecule has 0 bridgehead atoms. The van der Waals surface area contributed by atoms with E-state index in [-0.39, 0.29) is 22.9 Å². The second-order valence-corrected chi connectivity index (χ2v) is 8.84. The maximum absolute atomic E-state index is 13.5. The molecule has 6 nitrogen and oxygen atoms in total. The van der Waals surface area contributed by atoms with Gasteiger partial charge in [0.25, 0.3) is 15.9 Å². The average molecular weight is 435 g/mol. The number of furan rings is 1. The van der Waals surface area contributed by atoms with Crippen molar-refractivity contribution in [2.45, 2.75) is 18.7 Å². The summed E-state index contributed by atoms with van der Waals surface area (Å²) in [6.45, 7) is 3.82. The average Bonchev–Trinajstić information content (AvgIpc) is 3.12. The molecule has 7 heteroatoms. The van der Waals surface area contributed by atoms with Crippen LogP contribution in [0.15, 0.2) is 88.2 Å². The van der Waals surface area contributed by atoms with Crippen molar-refractivity contribution in [3.05, 3.63) is 90.2 Å². The Morgan fingerprint density at radius 1 is 0.935 bits per heavy atom. The lowest BCUT2D eigenvalue weighted by Crippen LogP contribution is -2.31. The zero-order valence-corrected chi connectivity index (χ0v) is 18.0. The Morgan fingerprint density at radius 3 is 2.29 bits per heavy atom. The number of nitrogens with zero attached hydrogens (tertiary/aromatic N) is 1. The highest BCUT2D eigenvalue weighted by Gasteiger charge is 2.27. The molecule has 0 radical (unpaired) electrons. The summed E-state index contributed by atoms with van der Waals surface area (Å²) in [7, 11) is -3.91. The Labute approximate surface area is 181 Å². The van der Waals surface area contributed by atoms with Crippen molar-refractivity contribution in [1.29, 1.82) is 0 Å². The molecule has 0 aliphatic heterocycles. The fourth-order valence-electron chi connectivity index (χ4n) is 3.57. The van der Waals surface area contributed by atoms with Crippen LogP contribution in [-0.4, -0.2) is 20.9 Å². The number of benzene rings is 3. The Bertz CT molecular complexity index is 1340. The third-order valence-corrected chi connectivity index (χ3v) is 7.05. The maximum Gasteiger partial charge on any atom is 0.291 e. The molecule has 1 N–H and O–H groups in total. The Morgan fingerprint density at radius 2 is 1.58 bits per heavy atom. The predicted octanol–water partition coefficient (Wildman–Crippen LogP) is 5.21. The standard InChI is InChI=1S/C24H22N2O4S/c1-3-26(18-11-5-4-6-12-18)31(28,29)22-16-10-8-14-20(22)25-24(27)23-17(2)19-13-7-9-15-21(19)30-23/h4-16H,3H2,1-2H3,(H,25,27). The van der Waals surface area contributed by atoms with Gasteiger partial charge in [-0.1, -0.05) is 48.5 Å². The van der Waals surface area contributed by atoms with Gasteiger partial charge in [-0.05, 0) is 44.2 Å². The largest absolute Gasteiger partial charge is 0.451 e. The molecule has 0 spiro atoms. The molecule has 31 heavy (non-hydrogen) atoms. The fourth-order valence-corrected chi connectivity index (χ4v) is 5.19. The smallest absolute Gasteiger partial charge is 0.291 e. The van der Waals surface area contributed by atoms with E-state index in [2.05, 4.69) is 5.32 Å². The van der Waals surface area contributed by atoms with Crippen LogP contribution in [-0.2, 0) is 10.0 Å². The lowest BCUT2D eigenvalue weighted by atomic mass is 10.1. The molecule has 0 atom stereocenters. The summed E-state index contributed by atoms with van der Waals surface area (Å²) in [5.74, 6) is -0.345. The van der Waals surface area contributed by atoms with Gasteiger partial charge in [-0.15, -0.1) is 0 Å². The van der Waals surface area contributed by atoms with Crippen LogP contribution in [0.25, 0.3) is 11.0 Å². The molecule has 0 saturated carbocycles. The van der Waals surface area contributed by atoms with Gasteiger partial charge in [-0.2, -0.15) is 0 Å². The van der Waals surface area contributed by atoms with E-state index in [4.69, 9.17) is 4.42 Å². The van der Waals surface area contributed by atoms with Crippen LogP contribution in [0, 0.1) is 6.92 Å². The van der Waals surface area contributed by atoms with Crippen LogP contribution in [0.5, 0.6) is 0 Å². The Kier molecular flexibility index (Phi) is 5.52. The quantitative estimate of drug-likeness (QED) is 0.452. The topological polar surface area (TPSA) is 79.6 Å². The minimum absolute atomic E-state index is 0.0165. The maximum atomic E-state index is 13.5. The molecule has 158 valence electrons. The molecule has 3 aromatic carbocycles. The zero-order chi connectivity index (χ0) is 22.0. The monoisotopic (exact) mass is 434 g/mol. The zero-order valence-electron chi connectivity index (χ0n) is 17.2. The molecular weight excluding hydrogens is 412 g/mol. The van der Waals surface area contributed by atoms with Crippen LogP contribution in [0.3, 0.4) is 0 Å². The number of sulfonamides is 1. The number of para-hydroxylation sites is 3. The van der Waals surface area contributed by atoms with E-state index in [0.29, 0.717) is 16.8 Å². The first-order valence-electron chi connectivity index (χ1n) is 9.89. The number of fused-ring (bicyclic) bond motifs is 1. The number of nitrogens with one attached hydrogen (secondary N) is 1. The summed E-state index contributed by atoms with van der Waals surface area (Å²) >= 11 is 0. The molecule has 1 aromatic heterocycles. The summed E-state index contributed by atoms with van der Waals surface area (Å²) < 4.78 is 34.0. The van der Waals surface area contributed by atoms with E-state index < -0.39 is 15.9 Å². The third-order valence-electron chi connectivity index (χ3n) is 5.08. The number of carbonyl (C=O) groups is 1. The van der Waals surface area contributed by atoms with Crippen molar-refractivity contribution in [3.63, 3.8) is 0 Å². The lowest BCUT2D eigenvalue weighted by Gasteiger charge is -2.24. The van der Waals surface area contributed by atoms with Gasteiger partial charge in [0.1, 0.15) is 10.5 Å². The highest BCUT2D eigenvalue weighted by Crippen LogP contribution is 2.30. The molecule has 1 amide bonds. The molecule has 0 fully saturated rings. The van der Waals surface area contributed by atoms with Crippen molar-refractivity contribution in [1.82, 2.24) is 0 Å². The van der Waals surface area contributed by atoms with Gasteiger partial charge in [-0.25, -0.2) is 8.42 Å². The number of amides is 1. The minimum Gasteiger partial charge on any atom is -0.451 e. The number of aryl methyl sites for hydroxylation is 1. The number of rotatable bonds is 6. The SMILES string of the molecule is CCN(c1ccccc1)S(=O)(=O)c1ccccc1NC(=O)c1oc2ccccc2c1C. The van der Waals surface area contributed by atoms with Crippen LogP contribution >= 0.6 is 0 Å². The molecule has 0 saturated heterocycles. The molecule has 1 heterocycles. The minimum atomic E-state index is -3.91. The van der Waals surface area contributed by atoms with Gasteiger partial charge in [0.2, 0.25) is 0 Å². The number of anilines is 2. The van der Waals surface area contributed by atoms with E-state index in [1.807, 2.05) is 24.3 Å². The van der Waals surface area contributed by atoms with E-state index in [0.717, 1.165) is 5.39 Å². The number of carbonyl (C=O) groups excluding carboxylic acids is 1. The van der Waals surface area contributed by atoms with Gasteiger partial charge in [0.05, 0.1) is 11.4 Å². The molecule has 0 unspecified atom stereocenters. The predicted molar refractivity (Wildman–Crippen MR) is 122 cm³/mol. The first-order chi connectivity index (χ1) is 14.9. The summed E-state index contributed by atoms with van der Waals surface area (Å²) in [4.78, 5) is 13.0. The lowest BCUT2D eigenvalue weighted by molar-refractivity contribution is 0.0997. The van der Waals surface area contributed by atoms with Gasteiger partial charge < -0.3 is 9.73 Å². The van der Waals surface area contributed by atoms with Crippen molar-refractivity contribution in [3.8, 4) is 0 Å². The summed E-state index contributed by atoms with van der Waals surface area (Å²) in [5.41, 5.74) is 2.06. The van der Waals surface area contributed by atoms with Crippen LogP contribution < -0.4 is 9.62 Å². The first-order valence-corrected chi connectivity index (χ1v) is 11.3. The summed E-state index contributed by atoms with van der Waals surface area (Å²) in [6, 6.07) is 22.6. The van der Waals surface area contributed by atoms with Crippen molar-refractivity contribution < 1.29 is 17.6 Å². The molecular formula is C24H22N2O4S. The van der Waals surface area contributed by atoms with E-state index in [9.17, 15) is 13.2 Å². The van der Waals surface area contributed by atoms with Gasteiger partial charge in [0, 0.05) is 17.5 Å². The number of hydrogen-bond donors (Lipinski definition) is 1. The van der Waals surface area contributed by atoms with E-state index >= 15 is 0 Å². The van der Waals surface area contributed by atoms with Gasteiger partial charge >= 0.3 is 0 Å². The highest BCUT2D eigenvalue weighted by atomic mass is 32.2. The van der Waals surface area contributed by atoms with Crippen LogP contribution in [0.2, 0.25) is 0 Å². The van der Waals surface area contributed by atoms with E-state index in [1.54, 1.807) is 62.4 Å². The first kappa shape index (κ1) is 20.7. The second-order valence-electron chi connectivity index (χ2n) is 7.01. The van der Waals surface area contributed by atoms with Crippen molar-refractivity contribution >= 4 is 38.3 Å². The van der Waals surface area contributed by atoms with Crippen molar-refractivity contribution in [2.24, 2.45) is 0 Å². The second kappa shape index (κ2) is 8.28. The summed E-state index contributed by atoms with van der Waals surface area (Å²) in [5, 5.41) is 3.57. The van der Waals surface area contributed by atoms with Crippen molar-refractivity contribution in [2.75, 3.05) is 16.2 Å². The van der Waals surface area contributed by atoms with E-state index in [1.165, 1.54) is 10.4 Å². The fraction of sp³-hybridized carbons (Fsp3) is 0.125. The molecule has 0 aliphatic rings. The normalized spacial score (nSPS) is 11.4. The Balaban J connectivity index is 1.71. The van der Waals surface area contributed by atoms with Crippen LogP contribution in [0.1, 0.15) is 23.0 Å². The number of hydrogen-bond acceptors (Lipinski definition) is 4. The summed E-state index contributed by atoms with van der Waals surface area (Å²) in [6.07, 6.45) is 0. The highest BCUT2D eigenvalue weighted by molar-refractivity contribution is 7.93.